The van der Waals surface area contributed by atoms with Crippen molar-refractivity contribution < 1.29 is 9.59 Å². The minimum atomic E-state index is -0.210. The van der Waals surface area contributed by atoms with Crippen LogP contribution in [-0.2, 0) is 9.59 Å². The SMILES string of the molecule is C=CC(=O)N(C)CC(=O)N(C(C)C)C1CCCC1. The average Bonchev–Trinajstić information content (AvgIpc) is 2.80. The minimum absolute atomic E-state index is 0.0367. The molecule has 0 aromatic carbocycles. The molecule has 2 amide bonds. The largest absolute Gasteiger partial charge is 0.336 e. The molecule has 18 heavy (non-hydrogen) atoms. The smallest absolute Gasteiger partial charge is 0.246 e. The van der Waals surface area contributed by atoms with E-state index >= 15 is 0 Å². The van der Waals surface area contributed by atoms with Gasteiger partial charge in [0, 0.05) is 19.1 Å². The maximum Gasteiger partial charge on any atom is 0.246 e. The van der Waals surface area contributed by atoms with Crippen molar-refractivity contribution in [2.45, 2.75) is 51.6 Å². The molecule has 1 rings (SSSR count). The van der Waals surface area contributed by atoms with Crippen molar-refractivity contribution in [3.8, 4) is 0 Å². The van der Waals surface area contributed by atoms with Crippen molar-refractivity contribution in [2.75, 3.05) is 13.6 Å². The molecule has 0 N–H and O–H groups in total. The topological polar surface area (TPSA) is 40.6 Å². The van der Waals surface area contributed by atoms with Gasteiger partial charge >= 0.3 is 0 Å². The lowest BCUT2D eigenvalue weighted by Crippen LogP contribution is -2.48. The van der Waals surface area contributed by atoms with E-state index in [1.54, 1.807) is 7.05 Å². The summed E-state index contributed by atoms with van der Waals surface area (Å²) in [5.74, 6) is -0.173. The molecule has 0 aromatic rings. The first-order chi connectivity index (χ1) is 8.47. The van der Waals surface area contributed by atoms with E-state index in [-0.39, 0.29) is 24.4 Å². The number of likely N-dealkylation sites (N-methyl/N-ethyl adjacent to an activating group) is 1. The third-order valence-electron chi connectivity index (χ3n) is 3.49. The summed E-state index contributed by atoms with van der Waals surface area (Å²) in [6.45, 7) is 7.64. The van der Waals surface area contributed by atoms with Gasteiger partial charge in [-0.2, -0.15) is 0 Å². The van der Waals surface area contributed by atoms with Crippen molar-refractivity contribution in [1.29, 1.82) is 0 Å². The second-order valence-electron chi connectivity index (χ2n) is 5.23. The lowest BCUT2D eigenvalue weighted by atomic mass is 10.1. The third-order valence-corrected chi connectivity index (χ3v) is 3.49. The molecular weight excluding hydrogens is 228 g/mol. The number of hydrogen-bond donors (Lipinski definition) is 0. The predicted octanol–water partition coefficient (Wildman–Crippen LogP) is 1.81. The molecule has 1 aliphatic rings. The molecule has 1 aliphatic carbocycles. The lowest BCUT2D eigenvalue weighted by molar-refractivity contribution is -0.140. The first-order valence-corrected chi connectivity index (χ1v) is 6.66. The standard InChI is InChI=1S/C14H24N2O2/c1-5-13(17)15(4)10-14(18)16(11(2)3)12-8-6-7-9-12/h5,11-12H,1,6-10H2,2-4H3. The van der Waals surface area contributed by atoms with Gasteiger partial charge < -0.3 is 9.80 Å². The molecule has 0 aromatic heterocycles. The molecule has 0 aliphatic heterocycles. The number of carbonyl (C=O) groups is 2. The molecular formula is C14H24N2O2. The Hall–Kier alpha value is -1.32. The van der Waals surface area contributed by atoms with Gasteiger partial charge in [0.05, 0.1) is 6.54 Å². The van der Waals surface area contributed by atoms with Crippen LogP contribution in [0.3, 0.4) is 0 Å². The van der Waals surface area contributed by atoms with Crippen LogP contribution in [0.1, 0.15) is 39.5 Å². The van der Waals surface area contributed by atoms with Crippen LogP contribution in [0.2, 0.25) is 0 Å². The highest BCUT2D eigenvalue weighted by Crippen LogP contribution is 2.25. The van der Waals surface area contributed by atoms with Crippen LogP contribution in [0.25, 0.3) is 0 Å². The molecule has 0 atom stereocenters. The molecule has 0 bridgehead atoms. The van der Waals surface area contributed by atoms with Crippen LogP contribution in [0.5, 0.6) is 0 Å². The fraction of sp³-hybridized carbons (Fsp3) is 0.714. The van der Waals surface area contributed by atoms with E-state index < -0.39 is 0 Å². The Bertz CT molecular complexity index is 320. The van der Waals surface area contributed by atoms with Crippen LogP contribution >= 0.6 is 0 Å². The van der Waals surface area contributed by atoms with Gasteiger partial charge in [0.25, 0.3) is 0 Å². The van der Waals surface area contributed by atoms with E-state index in [1.165, 1.54) is 23.8 Å². The Morgan fingerprint density at radius 1 is 1.33 bits per heavy atom. The van der Waals surface area contributed by atoms with Gasteiger partial charge in [0.1, 0.15) is 0 Å². The summed E-state index contributed by atoms with van der Waals surface area (Å²) >= 11 is 0. The molecule has 4 nitrogen and oxygen atoms in total. The van der Waals surface area contributed by atoms with E-state index in [2.05, 4.69) is 6.58 Å². The zero-order chi connectivity index (χ0) is 13.7. The van der Waals surface area contributed by atoms with Crippen LogP contribution < -0.4 is 0 Å². The van der Waals surface area contributed by atoms with Crippen molar-refractivity contribution in [2.24, 2.45) is 0 Å². The van der Waals surface area contributed by atoms with Crippen LogP contribution in [0.4, 0.5) is 0 Å². The van der Waals surface area contributed by atoms with E-state index in [1.807, 2.05) is 18.7 Å². The van der Waals surface area contributed by atoms with Crippen LogP contribution in [0, 0.1) is 0 Å². The maximum absolute atomic E-state index is 12.3. The summed E-state index contributed by atoms with van der Waals surface area (Å²) in [7, 11) is 1.63. The predicted molar refractivity (Wildman–Crippen MR) is 72.1 cm³/mol. The monoisotopic (exact) mass is 252 g/mol. The summed E-state index contributed by atoms with van der Waals surface area (Å²) in [4.78, 5) is 27.1. The molecule has 102 valence electrons. The molecule has 4 heteroatoms. The van der Waals surface area contributed by atoms with Crippen molar-refractivity contribution in [1.82, 2.24) is 9.80 Å². The van der Waals surface area contributed by atoms with Crippen LogP contribution in [-0.4, -0.2) is 47.3 Å². The van der Waals surface area contributed by atoms with Gasteiger partial charge in [-0.1, -0.05) is 19.4 Å². The summed E-state index contributed by atoms with van der Waals surface area (Å²) in [6.07, 6.45) is 5.81. The molecule has 0 unspecified atom stereocenters. The lowest BCUT2D eigenvalue weighted by Gasteiger charge is -2.34. The van der Waals surface area contributed by atoms with Crippen LogP contribution in [0.15, 0.2) is 12.7 Å². The fourth-order valence-corrected chi connectivity index (χ4v) is 2.61. The highest BCUT2D eigenvalue weighted by atomic mass is 16.2. The Balaban J connectivity index is 2.65. The van der Waals surface area contributed by atoms with Crippen molar-refractivity contribution in [3.05, 3.63) is 12.7 Å². The Kier molecular flexibility index (Phi) is 5.38. The molecule has 0 heterocycles. The highest BCUT2D eigenvalue weighted by Gasteiger charge is 2.29. The first-order valence-electron chi connectivity index (χ1n) is 6.66. The summed E-state index contributed by atoms with van der Waals surface area (Å²) in [5, 5.41) is 0. The molecule has 0 radical (unpaired) electrons. The zero-order valence-corrected chi connectivity index (χ0v) is 11.7. The van der Waals surface area contributed by atoms with E-state index in [9.17, 15) is 9.59 Å². The maximum atomic E-state index is 12.3. The number of rotatable bonds is 5. The number of nitrogens with zero attached hydrogens (tertiary/aromatic N) is 2. The first kappa shape index (κ1) is 14.7. The number of hydrogen-bond acceptors (Lipinski definition) is 2. The number of carbonyl (C=O) groups excluding carboxylic acids is 2. The van der Waals surface area contributed by atoms with Gasteiger partial charge in [0.2, 0.25) is 11.8 Å². The van der Waals surface area contributed by atoms with Gasteiger partial charge in [-0.25, -0.2) is 0 Å². The third kappa shape index (κ3) is 3.59. The van der Waals surface area contributed by atoms with E-state index in [0.29, 0.717) is 6.04 Å². The summed E-state index contributed by atoms with van der Waals surface area (Å²) in [6, 6.07) is 0.539. The normalized spacial score (nSPS) is 15.8. The molecule has 1 fully saturated rings. The molecule has 0 spiro atoms. The van der Waals surface area contributed by atoms with Crippen molar-refractivity contribution in [3.63, 3.8) is 0 Å². The minimum Gasteiger partial charge on any atom is -0.336 e. The van der Waals surface area contributed by atoms with Gasteiger partial charge in [-0.15, -0.1) is 0 Å². The molecule has 0 saturated heterocycles. The van der Waals surface area contributed by atoms with E-state index in [0.717, 1.165) is 12.8 Å². The summed E-state index contributed by atoms with van der Waals surface area (Å²) in [5.41, 5.74) is 0. The second kappa shape index (κ2) is 6.57. The zero-order valence-electron chi connectivity index (χ0n) is 11.7. The second-order valence-corrected chi connectivity index (χ2v) is 5.23. The van der Waals surface area contributed by atoms with Crippen molar-refractivity contribution >= 4 is 11.8 Å². The van der Waals surface area contributed by atoms with Gasteiger partial charge in [-0.05, 0) is 32.8 Å². The average molecular weight is 252 g/mol. The quantitative estimate of drug-likeness (QED) is 0.700. The Morgan fingerprint density at radius 2 is 1.89 bits per heavy atom. The highest BCUT2D eigenvalue weighted by molar-refractivity contribution is 5.90. The fourth-order valence-electron chi connectivity index (χ4n) is 2.61. The Labute approximate surface area is 110 Å². The number of amides is 2. The molecule has 1 saturated carbocycles. The summed E-state index contributed by atoms with van der Waals surface area (Å²) < 4.78 is 0. The van der Waals surface area contributed by atoms with E-state index in [4.69, 9.17) is 0 Å². The van der Waals surface area contributed by atoms with Gasteiger partial charge in [0.15, 0.2) is 0 Å². The van der Waals surface area contributed by atoms with Gasteiger partial charge in [-0.3, -0.25) is 9.59 Å². The Morgan fingerprint density at radius 3 is 2.33 bits per heavy atom.